The third-order valence-electron chi connectivity index (χ3n) is 2.66. The zero-order chi connectivity index (χ0) is 15.8. The lowest BCUT2D eigenvalue weighted by Crippen LogP contribution is -2.26. The van der Waals surface area contributed by atoms with Gasteiger partial charge in [-0.3, -0.25) is 0 Å². The second-order valence-electron chi connectivity index (χ2n) is 4.13. The van der Waals surface area contributed by atoms with Gasteiger partial charge in [-0.05, 0) is 26.0 Å². The number of rotatable bonds is 6. The molecule has 1 heterocycles. The lowest BCUT2D eigenvalue weighted by Gasteiger charge is -2.03. The molecule has 0 amide bonds. The normalized spacial score (nSPS) is 12.5. The molecule has 0 saturated heterocycles. The highest BCUT2D eigenvalue weighted by Gasteiger charge is 2.11. The van der Waals surface area contributed by atoms with Crippen molar-refractivity contribution in [3.05, 3.63) is 58.8 Å². The average Bonchev–Trinajstić information content (AvgIpc) is 2.81. The molecule has 0 aliphatic heterocycles. The van der Waals surface area contributed by atoms with E-state index in [4.69, 9.17) is 5.73 Å². The maximum absolute atomic E-state index is 12.6. The molecule has 21 heavy (non-hydrogen) atoms. The highest BCUT2D eigenvalue weighted by molar-refractivity contribution is 5.58. The number of allylic oxidation sites excluding steroid dienone is 6. The van der Waals surface area contributed by atoms with Crippen LogP contribution >= 0.6 is 0 Å². The fourth-order valence-electron chi connectivity index (χ4n) is 1.59. The molecule has 0 fully saturated rings. The summed E-state index contributed by atoms with van der Waals surface area (Å²) < 4.78 is 27.4. The Hall–Kier alpha value is -2.28. The lowest BCUT2D eigenvalue weighted by atomic mass is 10.3. The molecule has 0 aliphatic carbocycles. The Balaban J connectivity index is 3.20. The molecule has 0 atom stereocenters. The first-order valence-electron chi connectivity index (χ1n) is 6.38. The Labute approximate surface area is 121 Å². The van der Waals surface area contributed by atoms with Gasteiger partial charge < -0.3 is 5.73 Å². The van der Waals surface area contributed by atoms with Gasteiger partial charge >= 0.3 is 5.69 Å². The van der Waals surface area contributed by atoms with Gasteiger partial charge in [-0.15, -0.1) is 0 Å². The SMILES string of the molecule is C\C=C/C=C(\C=C/C)n1cnn(CC(CN)=C(F)F)c1=O. The molecule has 0 spiro atoms. The third-order valence-corrected chi connectivity index (χ3v) is 2.66. The van der Waals surface area contributed by atoms with E-state index in [0.717, 1.165) is 4.68 Å². The van der Waals surface area contributed by atoms with Gasteiger partial charge in [0.25, 0.3) is 6.08 Å². The monoisotopic (exact) mass is 296 g/mol. The molecule has 0 bridgehead atoms. The molecule has 2 N–H and O–H groups in total. The molecule has 7 heteroatoms. The molecular weight excluding hydrogens is 278 g/mol. The fourth-order valence-corrected chi connectivity index (χ4v) is 1.59. The second kappa shape index (κ2) is 8.11. The smallest absolute Gasteiger partial charge is 0.327 e. The minimum absolute atomic E-state index is 0.313. The molecule has 1 aromatic rings. The standard InChI is InChI=1S/C14H18F2N4O/c1-3-5-7-12(6-4-2)19-10-18-20(14(19)21)9-11(8-17)13(15)16/h3-7,10H,8-9,17H2,1-2H3/b5-3-,6-4-,12-7+. The summed E-state index contributed by atoms with van der Waals surface area (Å²) in [6.45, 7) is 3.01. The van der Waals surface area contributed by atoms with Gasteiger partial charge in [0.05, 0.1) is 12.2 Å². The van der Waals surface area contributed by atoms with Gasteiger partial charge in [-0.25, -0.2) is 14.0 Å². The van der Waals surface area contributed by atoms with Gasteiger partial charge in [-0.2, -0.15) is 13.9 Å². The van der Waals surface area contributed by atoms with Crippen molar-refractivity contribution >= 4 is 5.70 Å². The number of halogens is 2. The van der Waals surface area contributed by atoms with Crippen LogP contribution in [-0.4, -0.2) is 20.9 Å². The van der Waals surface area contributed by atoms with Crippen LogP contribution in [0, 0.1) is 0 Å². The van der Waals surface area contributed by atoms with Gasteiger partial charge in [-0.1, -0.05) is 18.2 Å². The van der Waals surface area contributed by atoms with Crippen LogP contribution in [0.15, 0.2) is 53.2 Å². The Morgan fingerprint density at radius 3 is 2.62 bits per heavy atom. The average molecular weight is 296 g/mol. The largest absolute Gasteiger partial charge is 0.350 e. The topological polar surface area (TPSA) is 65.8 Å². The summed E-state index contributed by atoms with van der Waals surface area (Å²) in [5, 5.41) is 3.84. The van der Waals surface area contributed by atoms with Crippen LogP contribution in [0.1, 0.15) is 13.8 Å². The fraction of sp³-hybridized carbons (Fsp3) is 0.286. The summed E-state index contributed by atoms with van der Waals surface area (Å²) in [6, 6.07) is 0. The van der Waals surface area contributed by atoms with E-state index in [2.05, 4.69) is 5.10 Å². The zero-order valence-electron chi connectivity index (χ0n) is 12.0. The number of nitrogens with zero attached hydrogens (tertiary/aromatic N) is 3. The first-order valence-corrected chi connectivity index (χ1v) is 6.38. The minimum Gasteiger partial charge on any atom is -0.327 e. The third kappa shape index (κ3) is 4.35. The Bertz CT molecular complexity index is 646. The van der Waals surface area contributed by atoms with E-state index in [1.54, 1.807) is 24.3 Å². The van der Waals surface area contributed by atoms with E-state index >= 15 is 0 Å². The maximum Gasteiger partial charge on any atom is 0.350 e. The van der Waals surface area contributed by atoms with Crippen molar-refractivity contribution in [2.45, 2.75) is 20.4 Å². The Kier molecular flexibility index (Phi) is 6.48. The molecule has 0 unspecified atom stereocenters. The molecule has 0 aliphatic rings. The van der Waals surface area contributed by atoms with Crippen LogP contribution < -0.4 is 11.4 Å². The molecule has 114 valence electrons. The molecule has 0 aromatic carbocycles. The van der Waals surface area contributed by atoms with E-state index in [-0.39, 0.29) is 18.7 Å². The quantitative estimate of drug-likeness (QED) is 0.818. The molecular formula is C14H18F2N4O. The van der Waals surface area contributed by atoms with Crippen LogP contribution in [0.25, 0.3) is 5.70 Å². The van der Waals surface area contributed by atoms with E-state index in [1.807, 2.05) is 19.9 Å². The van der Waals surface area contributed by atoms with Crippen LogP contribution in [0.5, 0.6) is 0 Å². The number of hydrogen-bond acceptors (Lipinski definition) is 3. The predicted octanol–water partition coefficient (Wildman–Crippen LogP) is 2.15. The van der Waals surface area contributed by atoms with E-state index in [0.29, 0.717) is 5.70 Å². The molecule has 5 nitrogen and oxygen atoms in total. The van der Waals surface area contributed by atoms with Crippen LogP contribution in [-0.2, 0) is 6.54 Å². The van der Waals surface area contributed by atoms with Gasteiger partial charge in [0.2, 0.25) is 0 Å². The summed E-state index contributed by atoms with van der Waals surface area (Å²) >= 11 is 0. The minimum atomic E-state index is -1.88. The van der Waals surface area contributed by atoms with Crippen molar-refractivity contribution in [2.75, 3.05) is 6.54 Å². The van der Waals surface area contributed by atoms with Crippen molar-refractivity contribution in [3.63, 3.8) is 0 Å². The number of nitrogens with two attached hydrogens (primary N) is 1. The van der Waals surface area contributed by atoms with E-state index < -0.39 is 11.8 Å². The van der Waals surface area contributed by atoms with Crippen molar-refractivity contribution < 1.29 is 8.78 Å². The first kappa shape index (κ1) is 16.8. The Morgan fingerprint density at radius 2 is 2.10 bits per heavy atom. The molecule has 0 saturated carbocycles. The van der Waals surface area contributed by atoms with Crippen molar-refractivity contribution in [1.29, 1.82) is 0 Å². The van der Waals surface area contributed by atoms with E-state index in [9.17, 15) is 13.6 Å². The van der Waals surface area contributed by atoms with Gasteiger partial charge in [0.1, 0.15) is 6.33 Å². The Morgan fingerprint density at radius 1 is 1.38 bits per heavy atom. The van der Waals surface area contributed by atoms with Crippen LogP contribution in [0.4, 0.5) is 8.78 Å². The highest BCUT2D eigenvalue weighted by atomic mass is 19.3. The summed E-state index contributed by atoms with van der Waals surface area (Å²) in [5.41, 5.74) is 5.00. The summed E-state index contributed by atoms with van der Waals surface area (Å²) in [6.07, 6.45) is 8.22. The van der Waals surface area contributed by atoms with Crippen molar-refractivity contribution in [2.24, 2.45) is 5.73 Å². The molecule has 0 radical (unpaired) electrons. The molecule has 1 aromatic heterocycles. The van der Waals surface area contributed by atoms with Crippen molar-refractivity contribution in [1.82, 2.24) is 14.3 Å². The lowest BCUT2D eigenvalue weighted by molar-refractivity contribution is 0.400. The number of hydrogen-bond donors (Lipinski definition) is 1. The predicted molar refractivity (Wildman–Crippen MR) is 78.7 cm³/mol. The first-order chi connectivity index (χ1) is 10.0. The van der Waals surface area contributed by atoms with Crippen LogP contribution in [0.3, 0.4) is 0 Å². The zero-order valence-corrected chi connectivity index (χ0v) is 12.0. The van der Waals surface area contributed by atoms with Crippen molar-refractivity contribution in [3.8, 4) is 0 Å². The van der Waals surface area contributed by atoms with E-state index in [1.165, 1.54) is 10.9 Å². The second-order valence-corrected chi connectivity index (χ2v) is 4.13. The summed E-state index contributed by atoms with van der Waals surface area (Å²) in [4.78, 5) is 12.2. The van der Waals surface area contributed by atoms with Gasteiger partial charge in [0.15, 0.2) is 0 Å². The number of aromatic nitrogens is 3. The van der Waals surface area contributed by atoms with Crippen LogP contribution in [0.2, 0.25) is 0 Å². The maximum atomic E-state index is 12.6. The van der Waals surface area contributed by atoms with Gasteiger partial charge in [0, 0.05) is 12.1 Å². The summed E-state index contributed by atoms with van der Waals surface area (Å²) in [5.74, 6) is 0. The highest BCUT2D eigenvalue weighted by Crippen LogP contribution is 2.08. The molecule has 1 rings (SSSR count). The summed E-state index contributed by atoms with van der Waals surface area (Å²) in [7, 11) is 0.